The van der Waals surface area contributed by atoms with Crippen molar-refractivity contribution in [1.82, 2.24) is 4.90 Å². The number of amides is 1. The third-order valence-electron chi connectivity index (χ3n) is 3.31. The zero-order valence-corrected chi connectivity index (χ0v) is 13.5. The zero-order valence-electron chi connectivity index (χ0n) is 9.75. The van der Waals surface area contributed by atoms with E-state index in [4.69, 9.17) is 0 Å². The van der Waals surface area contributed by atoms with Gasteiger partial charge in [0.05, 0.1) is 5.56 Å². The van der Waals surface area contributed by atoms with Gasteiger partial charge in [0.2, 0.25) is 0 Å². The lowest BCUT2D eigenvalue weighted by Gasteiger charge is -2.17. The number of nitrogens with zero attached hydrogens (tertiary/aromatic N) is 1. The Bertz CT molecular complexity index is 435. The molecule has 1 heterocycles. The number of halogens is 2. The van der Waals surface area contributed by atoms with Crippen molar-refractivity contribution in [2.45, 2.75) is 19.8 Å². The monoisotopic (exact) mass is 407 g/mol. The Balaban J connectivity index is 2.17. The number of carbonyl (C=O) groups excluding carboxylic acids is 1. The van der Waals surface area contributed by atoms with Crippen LogP contribution >= 0.6 is 38.5 Å². The van der Waals surface area contributed by atoms with Gasteiger partial charge in [0.15, 0.2) is 0 Å². The van der Waals surface area contributed by atoms with Crippen molar-refractivity contribution in [1.29, 1.82) is 0 Å². The van der Waals surface area contributed by atoms with E-state index in [1.807, 2.05) is 23.1 Å². The van der Waals surface area contributed by atoms with E-state index >= 15 is 0 Å². The van der Waals surface area contributed by atoms with Crippen LogP contribution < -0.4 is 0 Å². The molecule has 1 aromatic carbocycles. The number of likely N-dealkylation sites (tertiary alicyclic amines) is 1. The Morgan fingerprint density at radius 3 is 3.00 bits per heavy atom. The number of benzene rings is 1. The molecule has 0 spiro atoms. The highest BCUT2D eigenvalue weighted by molar-refractivity contribution is 14.1. The topological polar surface area (TPSA) is 20.3 Å². The first-order chi connectivity index (χ1) is 8.11. The Morgan fingerprint density at radius 1 is 1.59 bits per heavy atom. The Kier molecular flexibility index (Phi) is 4.47. The maximum absolute atomic E-state index is 12.4. The Labute approximate surface area is 124 Å². The fourth-order valence-corrected chi connectivity index (χ4v) is 3.11. The van der Waals surface area contributed by atoms with Crippen LogP contribution in [0.5, 0.6) is 0 Å². The molecule has 0 bridgehead atoms. The van der Waals surface area contributed by atoms with Crippen LogP contribution in [0.25, 0.3) is 0 Å². The van der Waals surface area contributed by atoms with E-state index in [1.165, 1.54) is 6.42 Å². The maximum Gasteiger partial charge on any atom is 0.254 e. The second kappa shape index (κ2) is 5.69. The van der Waals surface area contributed by atoms with E-state index in [0.717, 1.165) is 33.1 Å². The summed E-state index contributed by atoms with van der Waals surface area (Å²) in [6, 6.07) is 5.87. The maximum atomic E-state index is 12.4. The van der Waals surface area contributed by atoms with Crippen molar-refractivity contribution in [2.75, 3.05) is 13.1 Å². The lowest BCUT2D eigenvalue weighted by molar-refractivity contribution is 0.0786. The number of carbonyl (C=O) groups is 1. The molecule has 17 heavy (non-hydrogen) atoms. The molecule has 1 amide bonds. The minimum Gasteiger partial charge on any atom is -0.338 e. The minimum absolute atomic E-state index is 0.173. The van der Waals surface area contributed by atoms with Gasteiger partial charge in [-0.15, -0.1) is 0 Å². The minimum atomic E-state index is 0.173. The predicted octanol–water partition coefficient (Wildman–Crippen LogP) is 3.93. The molecule has 1 aliphatic heterocycles. The second-order valence-corrected chi connectivity index (χ2v) is 6.52. The lowest BCUT2D eigenvalue weighted by Crippen LogP contribution is -2.29. The first-order valence-electron chi connectivity index (χ1n) is 5.86. The second-order valence-electron chi connectivity index (χ2n) is 4.44. The van der Waals surface area contributed by atoms with Crippen LogP contribution in [0.1, 0.15) is 30.1 Å². The van der Waals surface area contributed by atoms with Crippen LogP contribution in [0.15, 0.2) is 22.7 Å². The van der Waals surface area contributed by atoms with Gasteiger partial charge >= 0.3 is 0 Å². The number of rotatable bonds is 2. The first kappa shape index (κ1) is 13.3. The summed E-state index contributed by atoms with van der Waals surface area (Å²) in [6.45, 7) is 4.01. The molecule has 0 radical (unpaired) electrons. The van der Waals surface area contributed by atoms with Crippen molar-refractivity contribution in [2.24, 2.45) is 5.92 Å². The van der Waals surface area contributed by atoms with Crippen LogP contribution in [0.4, 0.5) is 0 Å². The largest absolute Gasteiger partial charge is 0.338 e. The summed E-state index contributed by atoms with van der Waals surface area (Å²) in [5.74, 6) is 0.857. The van der Waals surface area contributed by atoms with Crippen LogP contribution in [0.3, 0.4) is 0 Å². The molecule has 1 fully saturated rings. The Hall–Kier alpha value is -0.100. The molecule has 0 aromatic heterocycles. The van der Waals surface area contributed by atoms with Gasteiger partial charge < -0.3 is 4.90 Å². The summed E-state index contributed by atoms with van der Waals surface area (Å²) in [5.41, 5.74) is 0.816. The standard InChI is InChI=1S/C13H15BrINO/c1-2-9-5-6-16(8-9)13(17)11-7-10(14)3-4-12(11)15/h3-4,7,9H,2,5-6,8H2,1H3. The van der Waals surface area contributed by atoms with Crippen LogP contribution in [0.2, 0.25) is 0 Å². The van der Waals surface area contributed by atoms with Gasteiger partial charge in [0.1, 0.15) is 0 Å². The van der Waals surface area contributed by atoms with Crippen LogP contribution in [0, 0.1) is 9.49 Å². The molecule has 92 valence electrons. The van der Waals surface area contributed by atoms with Crippen molar-refractivity contribution >= 4 is 44.4 Å². The average molecular weight is 408 g/mol. The molecular formula is C13H15BrINO. The zero-order chi connectivity index (χ0) is 12.4. The summed E-state index contributed by atoms with van der Waals surface area (Å²) in [6.07, 6.45) is 2.31. The van der Waals surface area contributed by atoms with E-state index in [-0.39, 0.29) is 5.91 Å². The first-order valence-corrected chi connectivity index (χ1v) is 7.73. The summed E-state index contributed by atoms with van der Waals surface area (Å²) < 4.78 is 1.99. The molecule has 2 rings (SSSR count). The summed E-state index contributed by atoms with van der Waals surface area (Å²) in [4.78, 5) is 14.4. The summed E-state index contributed by atoms with van der Waals surface area (Å²) in [5, 5.41) is 0. The molecule has 1 saturated heterocycles. The molecule has 2 nitrogen and oxygen atoms in total. The van der Waals surface area contributed by atoms with E-state index in [9.17, 15) is 4.79 Å². The molecule has 1 aromatic rings. The van der Waals surface area contributed by atoms with Gasteiger partial charge in [-0.05, 0) is 53.1 Å². The highest BCUT2D eigenvalue weighted by Gasteiger charge is 2.26. The number of hydrogen-bond acceptors (Lipinski definition) is 1. The summed E-state index contributed by atoms with van der Waals surface area (Å²) in [7, 11) is 0. The normalized spacial score (nSPS) is 19.7. The molecule has 0 aliphatic carbocycles. The molecule has 4 heteroatoms. The molecule has 1 aliphatic rings. The van der Waals surface area contributed by atoms with Gasteiger partial charge in [0.25, 0.3) is 5.91 Å². The fraction of sp³-hybridized carbons (Fsp3) is 0.462. The van der Waals surface area contributed by atoms with Crippen molar-refractivity contribution in [3.63, 3.8) is 0 Å². The quantitative estimate of drug-likeness (QED) is 0.680. The molecule has 1 atom stereocenters. The lowest BCUT2D eigenvalue weighted by atomic mass is 10.1. The Morgan fingerprint density at radius 2 is 2.35 bits per heavy atom. The van der Waals surface area contributed by atoms with E-state index in [0.29, 0.717) is 5.92 Å². The molecule has 0 N–H and O–H groups in total. The van der Waals surface area contributed by atoms with E-state index in [2.05, 4.69) is 45.4 Å². The average Bonchev–Trinajstić information content (AvgIpc) is 2.80. The van der Waals surface area contributed by atoms with Crippen molar-refractivity contribution in [3.05, 3.63) is 31.8 Å². The fourth-order valence-electron chi connectivity index (χ4n) is 2.18. The third kappa shape index (κ3) is 3.02. The number of hydrogen-bond donors (Lipinski definition) is 0. The van der Waals surface area contributed by atoms with Gasteiger partial charge in [-0.2, -0.15) is 0 Å². The van der Waals surface area contributed by atoms with Gasteiger partial charge in [-0.3, -0.25) is 4.79 Å². The van der Waals surface area contributed by atoms with Gasteiger partial charge in [-0.1, -0.05) is 29.3 Å². The van der Waals surface area contributed by atoms with Gasteiger partial charge in [-0.25, -0.2) is 0 Å². The SMILES string of the molecule is CCC1CCN(C(=O)c2cc(Br)ccc2I)C1. The van der Waals surface area contributed by atoms with Crippen LogP contribution in [-0.4, -0.2) is 23.9 Å². The summed E-state index contributed by atoms with van der Waals surface area (Å²) >= 11 is 5.65. The predicted molar refractivity (Wildman–Crippen MR) is 81.2 cm³/mol. The van der Waals surface area contributed by atoms with Crippen LogP contribution in [-0.2, 0) is 0 Å². The van der Waals surface area contributed by atoms with E-state index in [1.54, 1.807) is 0 Å². The molecular weight excluding hydrogens is 393 g/mol. The van der Waals surface area contributed by atoms with Crippen molar-refractivity contribution < 1.29 is 4.79 Å². The third-order valence-corrected chi connectivity index (χ3v) is 4.74. The smallest absolute Gasteiger partial charge is 0.254 e. The molecule has 1 unspecified atom stereocenters. The molecule has 0 saturated carbocycles. The van der Waals surface area contributed by atoms with Crippen molar-refractivity contribution in [3.8, 4) is 0 Å². The van der Waals surface area contributed by atoms with Gasteiger partial charge in [0, 0.05) is 21.1 Å². The van der Waals surface area contributed by atoms with E-state index < -0.39 is 0 Å². The highest BCUT2D eigenvalue weighted by Crippen LogP contribution is 2.24. The highest BCUT2D eigenvalue weighted by atomic mass is 127.